The van der Waals surface area contributed by atoms with Crippen molar-refractivity contribution in [3.05, 3.63) is 22.8 Å². The molecular weight excluding hydrogens is 124 g/mol. The van der Waals surface area contributed by atoms with Crippen LogP contribution >= 0.6 is 0 Å². The summed E-state index contributed by atoms with van der Waals surface area (Å²) in [5.74, 6) is 2.21. The average molecular weight is 134 g/mol. The lowest BCUT2D eigenvalue weighted by Crippen LogP contribution is -1.74. The molecule has 0 fully saturated rings. The van der Waals surface area contributed by atoms with Crippen molar-refractivity contribution in [2.24, 2.45) is 0 Å². The lowest BCUT2D eigenvalue weighted by atomic mass is 10.1. The summed E-state index contributed by atoms with van der Waals surface area (Å²) in [6, 6.07) is 2.17. The maximum Gasteiger partial charge on any atom is 0.173 e. The van der Waals surface area contributed by atoms with Crippen LogP contribution in [-0.2, 0) is 0 Å². The minimum Gasteiger partial charge on any atom is -0.449 e. The van der Waals surface area contributed by atoms with Crippen molar-refractivity contribution in [2.45, 2.75) is 20.8 Å². The third-order valence-corrected chi connectivity index (χ3v) is 2.09. The van der Waals surface area contributed by atoms with Crippen LogP contribution in [0.3, 0.4) is 0 Å². The first-order valence-electron chi connectivity index (χ1n) is 3.49. The molecule has 0 unspecified atom stereocenters. The molecule has 10 heavy (non-hydrogen) atoms. The maximum atomic E-state index is 5.28. The van der Waals surface area contributed by atoms with Gasteiger partial charge in [0.2, 0.25) is 0 Å². The first kappa shape index (κ1) is 5.78. The fourth-order valence-corrected chi connectivity index (χ4v) is 1.26. The van der Waals surface area contributed by atoms with E-state index in [1.165, 1.54) is 16.7 Å². The predicted molar refractivity (Wildman–Crippen MR) is 40.7 cm³/mol. The molecule has 1 aromatic rings. The second kappa shape index (κ2) is 1.54. The van der Waals surface area contributed by atoms with Crippen LogP contribution < -0.4 is 4.74 Å². The van der Waals surface area contributed by atoms with Gasteiger partial charge < -0.3 is 4.74 Å². The zero-order valence-corrected chi connectivity index (χ0v) is 6.49. The summed E-state index contributed by atoms with van der Waals surface area (Å²) in [6.07, 6.45) is 0. The number of aryl methyl sites for hydroxylation is 2. The Hall–Kier alpha value is -0.980. The Balaban J connectivity index is 2.71. The van der Waals surface area contributed by atoms with Gasteiger partial charge in [-0.1, -0.05) is 6.07 Å². The lowest BCUT2D eigenvalue weighted by Gasteiger charge is -1.93. The fraction of sp³-hybridized carbons (Fsp3) is 0.333. The molecule has 0 atom stereocenters. The average Bonchev–Trinajstić information content (AvgIpc) is 2.61. The summed E-state index contributed by atoms with van der Waals surface area (Å²) in [4.78, 5) is 0. The van der Waals surface area contributed by atoms with Crippen LogP contribution in [0.15, 0.2) is 6.07 Å². The molecule has 0 spiro atoms. The molecule has 0 N–H and O–H groups in total. The molecule has 0 aliphatic carbocycles. The molecule has 1 heteroatoms. The van der Waals surface area contributed by atoms with Gasteiger partial charge in [-0.05, 0) is 37.5 Å². The van der Waals surface area contributed by atoms with E-state index in [4.69, 9.17) is 4.74 Å². The second-order valence-electron chi connectivity index (χ2n) is 2.90. The van der Waals surface area contributed by atoms with E-state index in [0.29, 0.717) is 0 Å². The van der Waals surface area contributed by atoms with E-state index in [2.05, 4.69) is 26.8 Å². The summed E-state index contributed by atoms with van der Waals surface area (Å²) in [7, 11) is 0. The Bertz CT molecular complexity index is 296. The van der Waals surface area contributed by atoms with Crippen LogP contribution in [0.2, 0.25) is 0 Å². The van der Waals surface area contributed by atoms with E-state index >= 15 is 0 Å². The van der Waals surface area contributed by atoms with Crippen molar-refractivity contribution in [3.63, 3.8) is 0 Å². The Morgan fingerprint density at radius 3 is 2.40 bits per heavy atom. The van der Waals surface area contributed by atoms with Gasteiger partial charge in [0.25, 0.3) is 0 Å². The normalized spacial score (nSPS) is 12.3. The van der Waals surface area contributed by atoms with Crippen LogP contribution in [-0.4, -0.2) is 0 Å². The topological polar surface area (TPSA) is 12.5 Å². The zero-order chi connectivity index (χ0) is 7.30. The van der Waals surface area contributed by atoms with Gasteiger partial charge in [-0.15, -0.1) is 0 Å². The van der Waals surface area contributed by atoms with Crippen molar-refractivity contribution < 1.29 is 4.74 Å². The molecule has 0 saturated carbocycles. The maximum absolute atomic E-state index is 5.28. The number of hydrogen-bond acceptors (Lipinski definition) is 1. The molecule has 0 aromatic heterocycles. The molecule has 52 valence electrons. The van der Waals surface area contributed by atoms with E-state index < -0.39 is 0 Å². The van der Waals surface area contributed by atoms with Crippen LogP contribution in [0.4, 0.5) is 0 Å². The van der Waals surface area contributed by atoms with E-state index in [0.717, 1.165) is 11.5 Å². The SMILES string of the molecule is Cc1cc(C)c2c(c1C)O2. The van der Waals surface area contributed by atoms with Crippen LogP contribution in [0.25, 0.3) is 0 Å². The third kappa shape index (κ3) is 0.576. The standard InChI is InChI=1S/C9H10O/c1-5-4-6(2)8-9(10-8)7(5)3/h4H,1-3H3. The molecule has 0 saturated heterocycles. The van der Waals surface area contributed by atoms with Gasteiger partial charge in [0.1, 0.15) is 0 Å². The van der Waals surface area contributed by atoms with Crippen molar-refractivity contribution in [1.82, 2.24) is 0 Å². The fourth-order valence-electron chi connectivity index (χ4n) is 1.26. The molecule has 0 bridgehead atoms. The first-order chi connectivity index (χ1) is 4.70. The lowest BCUT2D eigenvalue weighted by molar-refractivity contribution is 0.643. The Kier molecular flexibility index (Phi) is 0.890. The number of benzene rings is 1. The highest BCUT2D eigenvalue weighted by molar-refractivity contribution is 5.65. The summed E-state index contributed by atoms with van der Waals surface area (Å²) < 4.78 is 5.28. The molecule has 0 radical (unpaired) electrons. The van der Waals surface area contributed by atoms with Crippen molar-refractivity contribution in [3.8, 4) is 11.5 Å². The minimum absolute atomic E-state index is 1.10. The van der Waals surface area contributed by atoms with Gasteiger partial charge in [0.15, 0.2) is 11.5 Å². The molecule has 1 heterocycles. The smallest absolute Gasteiger partial charge is 0.173 e. The number of fused-ring (bicyclic) bond motifs is 1. The summed E-state index contributed by atoms with van der Waals surface area (Å²) >= 11 is 0. The molecule has 0 amide bonds. The molecule has 1 nitrogen and oxygen atoms in total. The largest absolute Gasteiger partial charge is 0.449 e. The highest BCUT2D eigenvalue weighted by Gasteiger charge is 2.26. The van der Waals surface area contributed by atoms with E-state index in [1.54, 1.807) is 0 Å². The quantitative estimate of drug-likeness (QED) is 0.505. The first-order valence-corrected chi connectivity index (χ1v) is 3.49. The van der Waals surface area contributed by atoms with Gasteiger partial charge in [0, 0.05) is 0 Å². The highest BCUT2D eigenvalue weighted by Crippen LogP contribution is 2.51. The number of ether oxygens (including phenoxy) is 1. The van der Waals surface area contributed by atoms with Gasteiger partial charge in [-0.25, -0.2) is 0 Å². The number of hydrogen-bond donors (Lipinski definition) is 0. The van der Waals surface area contributed by atoms with E-state index in [1.807, 2.05) is 0 Å². The molecule has 2 rings (SSSR count). The van der Waals surface area contributed by atoms with Gasteiger partial charge in [-0.2, -0.15) is 0 Å². The van der Waals surface area contributed by atoms with Gasteiger partial charge in [-0.3, -0.25) is 0 Å². The van der Waals surface area contributed by atoms with Crippen molar-refractivity contribution in [2.75, 3.05) is 0 Å². The van der Waals surface area contributed by atoms with Gasteiger partial charge >= 0.3 is 0 Å². The van der Waals surface area contributed by atoms with E-state index in [9.17, 15) is 0 Å². The number of rotatable bonds is 0. The summed E-state index contributed by atoms with van der Waals surface area (Å²) in [6.45, 7) is 6.29. The van der Waals surface area contributed by atoms with Crippen LogP contribution in [0.5, 0.6) is 11.5 Å². The van der Waals surface area contributed by atoms with Gasteiger partial charge in [0.05, 0.1) is 0 Å². The highest BCUT2D eigenvalue weighted by atomic mass is 16.6. The Morgan fingerprint density at radius 1 is 1.00 bits per heavy atom. The monoisotopic (exact) mass is 134 g/mol. The van der Waals surface area contributed by atoms with Crippen molar-refractivity contribution in [1.29, 1.82) is 0 Å². The summed E-state index contributed by atoms with van der Waals surface area (Å²) in [5, 5.41) is 0. The third-order valence-electron chi connectivity index (χ3n) is 2.09. The second-order valence-corrected chi connectivity index (χ2v) is 2.90. The minimum atomic E-state index is 1.10. The molecule has 1 aliphatic heterocycles. The van der Waals surface area contributed by atoms with Crippen molar-refractivity contribution >= 4 is 0 Å². The van der Waals surface area contributed by atoms with E-state index in [-0.39, 0.29) is 0 Å². The summed E-state index contributed by atoms with van der Waals surface area (Å²) in [5.41, 5.74) is 3.88. The molecular formula is C9H10O. The predicted octanol–water partition coefficient (Wildman–Crippen LogP) is 2.72. The van der Waals surface area contributed by atoms with Crippen LogP contribution in [0.1, 0.15) is 16.7 Å². The molecule has 1 aromatic carbocycles. The Morgan fingerprint density at radius 2 is 1.70 bits per heavy atom. The zero-order valence-electron chi connectivity index (χ0n) is 6.49. The Labute approximate surface area is 60.6 Å². The van der Waals surface area contributed by atoms with Crippen LogP contribution in [0, 0.1) is 20.8 Å². The molecule has 1 aliphatic rings.